The van der Waals surface area contributed by atoms with Gasteiger partial charge in [-0.05, 0) is 49.2 Å². The van der Waals surface area contributed by atoms with Crippen molar-refractivity contribution in [1.29, 1.82) is 0 Å². The van der Waals surface area contributed by atoms with Crippen LogP contribution in [0.25, 0.3) is 6.08 Å². The van der Waals surface area contributed by atoms with Gasteiger partial charge in [0, 0.05) is 5.56 Å². The summed E-state index contributed by atoms with van der Waals surface area (Å²) in [6, 6.07) is 11.8. The predicted octanol–water partition coefficient (Wildman–Crippen LogP) is 3.79. The first-order chi connectivity index (χ1) is 10.5. The van der Waals surface area contributed by atoms with Gasteiger partial charge in [0.15, 0.2) is 5.70 Å². The molecule has 2 aromatic rings. The third kappa shape index (κ3) is 2.81. The summed E-state index contributed by atoms with van der Waals surface area (Å²) in [5, 5.41) is 0. The number of aliphatic imine (C=N–C) groups is 1. The van der Waals surface area contributed by atoms with Crippen LogP contribution in [0.5, 0.6) is 0 Å². The molecular weight excluding hydrogens is 281 g/mol. The maximum atomic E-state index is 13.2. The van der Waals surface area contributed by atoms with E-state index in [4.69, 9.17) is 4.74 Å². The second-order valence-electron chi connectivity index (χ2n) is 5.21. The molecule has 22 heavy (non-hydrogen) atoms. The van der Waals surface area contributed by atoms with Gasteiger partial charge in [0.25, 0.3) is 0 Å². The largest absolute Gasteiger partial charge is 0.402 e. The highest BCUT2D eigenvalue weighted by Crippen LogP contribution is 2.21. The van der Waals surface area contributed by atoms with Crippen LogP contribution in [0.15, 0.2) is 53.2 Å². The van der Waals surface area contributed by atoms with E-state index in [2.05, 4.69) is 4.99 Å². The third-order valence-electron chi connectivity index (χ3n) is 3.42. The first-order valence-electron chi connectivity index (χ1n) is 6.89. The van der Waals surface area contributed by atoms with Gasteiger partial charge in [-0.2, -0.15) is 0 Å². The van der Waals surface area contributed by atoms with E-state index in [0.29, 0.717) is 5.56 Å². The third-order valence-corrected chi connectivity index (χ3v) is 3.42. The summed E-state index contributed by atoms with van der Waals surface area (Å²) >= 11 is 0. The molecule has 0 saturated carbocycles. The van der Waals surface area contributed by atoms with Gasteiger partial charge in [0.05, 0.1) is 0 Å². The molecular formula is C18H14FNO2. The maximum absolute atomic E-state index is 13.2. The van der Waals surface area contributed by atoms with E-state index in [-0.39, 0.29) is 11.6 Å². The Kier molecular flexibility index (Phi) is 3.59. The van der Waals surface area contributed by atoms with Crippen LogP contribution in [-0.2, 0) is 9.53 Å². The Balaban J connectivity index is 1.99. The van der Waals surface area contributed by atoms with Gasteiger partial charge in [-0.15, -0.1) is 0 Å². The highest BCUT2D eigenvalue weighted by molar-refractivity contribution is 6.12. The van der Waals surface area contributed by atoms with E-state index in [1.165, 1.54) is 12.1 Å². The Morgan fingerprint density at radius 1 is 1.14 bits per heavy atom. The first kappa shape index (κ1) is 14.2. The number of carbonyl (C=O) groups is 1. The van der Waals surface area contributed by atoms with Crippen LogP contribution in [-0.4, -0.2) is 11.9 Å². The van der Waals surface area contributed by atoms with Crippen LogP contribution in [0.1, 0.15) is 22.3 Å². The Bertz CT molecular complexity index is 822. The smallest absolute Gasteiger partial charge is 0.363 e. The molecule has 0 bridgehead atoms. The zero-order valence-electron chi connectivity index (χ0n) is 12.3. The zero-order valence-corrected chi connectivity index (χ0v) is 12.3. The van der Waals surface area contributed by atoms with Gasteiger partial charge in [-0.1, -0.05) is 29.8 Å². The van der Waals surface area contributed by atoms with E-state index in [9.17, 15) is 9.18 Å². The minimum absolute atomic E-state index is 0.126. The lowest BCUT2D eigenvalue weighted by Gasteiger charge is -2.01. The van der Waals surface area contributed by atoms with Gasteiger partial charge < -0.3 is 4.74 Å². The molecule has 0 fully saturated rings. The summed E-state index contributed by atoms with van der Waals surface area (Å²) in [6.45, 7) is 3.94. The van der Waals surface area contributed by atoms with Crippen molar-refractivity contribution in [3.05, 3.63) is 76.2 Å². The molecule has 0 saturated heterocycles. The molecule has 3 rings (SSSR count). The molecule has 0 aromatic heterocycles. The number of carbonyl (C=O) groups excluding carboxylic acids is 1. The highest BCUT2D eigenvalue weighted by Gasteiger charge is 2.24. The van der Waals surface area contributed by atoms with Gasteiger partial charge in [-0.3, -0.25) is 0 Å². The van der Waals surface area contributed by atoms with E-state index in [1.807, 2.05) is 32.0 Å². The van der Waals surface area contributed by atoms with E-state index in [0.717, 1.165) is 16.7 Å². The van der Waals surface area contributed by atoms with Crippen LogP contribution in [0.3, 0.4) is 0 Å². The Labute approximate surface area is 127 Å². The molecule has 0 amide bonds. The van der Waals surface area contributed by atoms with Crippen LogP contribution in [0.4, 0.5) is 4.39 Å². The number of hydrogen-bond donors (Lipinski definition) is 0. The Morgan fingerprint density at radius 3 is 2.73 bits per heavy atom. The Hall–Kier alpha value is -2.75. The van der Waals surface area contributed by atoms with Crippen molar-refractivity contribution >= 4 is 17.9 Å². The topological polar surface area (TPSA) is 38.7 Å². The number of halogens is 1. The zero-order chi connectivity index (χ0) is 15.7. The molecule has 0 radical (unpaired) electrons. The lowest BCUT2D eigenvalue weighted by Crippen LogP contribution is -2.05. The number of cyclic esters (lactones) is 1. The van der Waals surface area contributed by atoms with Crippen LogP contribution in [0.2, 0.25) is 0 Å². The fourth-order valence-electron chi connectivity index (χ4n) is 2.22. The van der Waals surface area contributed by atoms with E-state index >= 15 is 0 Å². The lowest BCUT2D eigenvalue weighted by molar-refractivity contribution is -0.129. The molecule has 1 heterocycles. The molecule has 0 unspecified atom stereocenters. The van der Waals surface area contributed by atoms with Crippen molar-refractivity contribution in [3.63, 3.8) is 0 Å². The summed E-state index contributed by atoms with van der Waals surface area (Å²) in [5.41, 5.74) is 3.71. The monoisotopic (exact) mass is 295 g/mol. The average Bonchev–Trinajstić information content (AvgIpc) is 2.84. The summed E-state index contributed by atoms with van der Waals surface area (Å²) in [7, 11) is 0. The number of ether oxygens (including phenoxy) is 1. The van der Waals surface area contributed by atoms with E-state index < -0.39 is 11.8 Å². The van der Waals surface area contributed by atoms with Crippen LogP contribution < -0.4 is 0 Å². The average molecular weight is 295 g/mol. The molecule has 1 aliphatic heterocycles. The predicted molar refractivity (Wildman–Crippen MR) is 82.9 cm³/mol. The van der Waals surface area contributed by atoms with Crippen molar-refractivity contribution in [2.75, 3.05) is 0 Å². The SMILES string of the molecule is Cc1ccc(C)c(C=C2N=C(c3cccc(F)c3)OC2=O)c1. The highest BCUT2D eigenvalue weighted by atomic mass is 19.1. The standard InChI is InChI=1S/C18H14FNO2/c1-11-6-7-12(2)14(8-11)10-16-18(21)22-17(20-16)13-4-3-5-15(19)9-13/h3-10H,1-2H3. The molecule has 4 heteroatoms. The van der Waals surface area contributed by atoms with Crippen molar-refractivity contribution < 1.29 is 13.9 Å². The summed E-state index contributed by atoms with van der Waals surface area (Å²) < 4.78 is 18.4. The van der Waals surface area contributed by atoms with Crippen LogP contribution >= 0.6 is 0 Å². The molecule has 2 aromatic carbocycles. The van der Waals surface area contributed by atoms with Crippen molar-refractivity contribution in [2.24, 2.45) is 4.99 Å². The second-order valence-corrected chi connectivity index (χ2v) is 5.21. The number of hydrogen-bond acceptors (Lipinski definition) is 3. The summed E-state index contributed by atoms with van der Waals surface area (Å²) in [5.74, 6) is -0.801. The van der Waals surface area contributed by atoms with Gasteiger partial charge >= 0.3 is 5.97 Å². The van der Waals surface area contributed by atoms with Crippen molar-refractivity contribution in [2.45, 2.75) is 13.8 Å². The van der Waals surface area contributed by atoms with E-state index in [1.54, 1.807) is 18.2 Å². The first-order valence-corrected chi connectivity index (χ1v) is 6.89. The molecule has 1 aliphatic rings. The maximum Gasteiger partial charge on any atom is 0.363 e. The minimum Gasteiger partial charge on any atom is -0.402 e. The minimum atomic E-state index is -0.528. The molecule has 3 nitrogen and oxygen atoms in total. The van der Waals surface area contributed by atoms with Crippen molar-refractivity contribution in [3.8, 4) is 0 Å². The molecule has 0 spiro atoms. The molecule has 0 atom stereocenters. The number of aryl methyl sites for hydroxylation is 2. The lowest BCUT2D eigenvalue weighted by atomic mass is 10.0. The van der Waals surface area contributed by atoms with Gasteiger partial charge in [-0.25, -0.2) is 14.2 Å². The fraction of sp³-hybridized carbons (Fsp3) is 0.111. The number of rotatable bonds is 2. The molecule has 110 valence electrons. The number of esters is 1. The Morgan fingerprint density at radius 2 is 1.95 bits per heavy atom. The molecule has 0 N–H and O–H groups in total. The van der Waals surface area contributed by atoms with Crippen LogP contribution in [0, 0.1) is 19.7 Å². The quantitative estimate of drug-likeness (QED) is 0.624. The number of nitrogens with zero attached hydrogens (tertiary/aromatic N) is 1. The van der Waals surface area contributed by atoms with Crippen molar-refractivity contribution in [1.82, 2.24) is 0 Å². The molecule has 0 aliphatic carbocycles. The fourth-order valence-corrected chi connectivity index (χ4v) is 2.22. The summed E-state index contributed by atoms with van der Waals surface area (Å²) in [6.07, 6.45) is 1.69. The number of benzene rings is 2. The van der Waals surface area contributed by atoms with Gasteiger partial charge in [0.1, 0.15) is 5.82 Å². The second kappa shape index (κ2) is 5.56. The normalized spacial score (nSPS) is 15.9. The summed E-state index contributed by atoms with van der Waals surface area (Å²) in [4.78, 5) is 16.1. The van der Waals surface area contributed by atoms with Gasteiger partial charge in [0.2, 0.25) is 5.90 Å².